The van der Waals surface area contributed by atoms with E-state index in [1.165, 1.54) is 0 Å². The molecule has 3 atom stereocenters. The number of ether oxygens (including phenoxy) is 2. The smallest absolute Gasteiger partial charge is 0.747 e. The molecule has 0 bridgehead atoms. The van der Waals surface area contributed by atoms with Gasteiger partial charge in [-0.2, -0.15) is 20.8 Å². The maximum absolute atomic E-state index is 12.1. The Hall–Kier alpha value is -1.57. The molecule has 0 N–H and O–H groups in total. The minimum atomic E-state index is -5.01. The molecule has 0 spiro atoms. The molecule has 0 aliphatic heterocycles. The summed E-state index contributed by atoms with van der Waals surface area (Å²) < 4.78 is 44.6. The molecule has 11 nitrogen and oxygen atoms in total. The average molecular weight is 609 g/mol. The van der Waals surface area contributed by atoms with Crippen LogP contribution in [0.5, 0.6) is 0 Å². The molecular weight excluding hydrogens is 559 g/mol. The van der Waals surface area contributed by atoms with Gasteiger partial charge in [-0.1, -0.05) is 66.2 Å². The Morgan fingerprint density at radius 3 is 1.54 bits per heavy atom. The number of hydrogen-bond acceptors (Lipinski definition) is 11. The van der Waals surface area contributed by atoms with Gasteiger partial charge in [-0.25, -0.2) is 8.42 Å². The predicted molar refractivity (Wildman–Crippen MR) is 151 cm³/mol. The third-order valence-electron chi connectivity index (χ3n) is 6.09. The monoisotopic (exact) mass is 608 g/mol. The SMILES string of the molecule is CC(C)(C#N)N=NC(C)(C)C#N.CCCCC(CC)COC(=O)CC(C(=O)OCC(CC)CCCC)S(=O)(=O)[O-].[Na+]. The van der Waals surface area contributed by atoms with E-state index in [-0.39, 0.29) is 54.6 Å². The van der Waals surface area contributed by atoms with Gasteiger partial charge >= 0.3 is 41.5 Å². The molecule has 0 amide bonds. The van der Waals surface area contributed by atoms with Crippen molar-refractivity contribution in [3.8, 4) is 12.1 Å². The van der Waals surface area contributed by atoms with Gasteiger partial charge in [0.15, 0.2) is 16.3 Å². The fourth-order valence-corrected chi connectivity index (χ4v) is 3.75. The van der Waals surface area contributed by atoms with Gasteiger partial charge in [0.1, 0.15) is 10.1 Å². The van der Waals surface area contributed by atoms with Gasteiger partial charge < -0.3 is 14.0 Å². The number of hydrogen-bond donors (Lipinski definition) is 0. The van der Waals surface area contributed by atoms with Crippen LogP contribution in [0.2, 0.25) is 0 Å². The molecule has 0 saturated carbocycles. The second kappa shape index (κ2) is 23.0. The zero-order valence-electron chi connectivity index (χ0n) is 26.6. The molecule has 0 rings (SSSR count). The Labute approximate surface area is 269 Å². The zero-order valence-corrected chi connectivity index (χ0v) is 29.4. The van der Waals surface area contributed by atoms with Crippen molar-refractivity contribution in [2.24, 2.45) is 22.1 Å². The first-order valence-electron chi connectivity index (χ1n) is 14.1. The number of rotatable bonds is 18. The number of unbranched alkanes of at least 4 members (excludes halogenated alkanes) is 2. The van der Waals surface area contributed by atoms with Crippen LogP contribution in [-0.4, -0.2) is 54.5 Å². The average Bonchev–Trinajstić information content (AvgIpc) is 2.90. The van der Waals surface area contributed by atoms with Crippen molar-refractivity contribution in [1.82, 2.24) is 0 Å². The van der Waals surface area contributed by atoms with E-state index in [2.05, 4.69) is 24.1 Å². The summed E-state index contributed by atoms with van der Waals surface area (Å²) in [5, 5.41) is 22.6. The number of azo groups is 1. The van der Waals surface area contributed by atoms with Gasteiger partial charge in [-0.05, 0) is 52.4 Å². The van der Waals surface area contributed by atoms with Gasteiger partial charge in [-0.3, -0.25) is 9.59 Å². The van der Waals surface area contributed by atoms with Crippen molar-refractivity contribution < 1.29 is 61.6 Å². The Kier molecular flexibility index (Phi) is 24.6. The summed E-state index contributed by atoms with van der Waals surface area (Å²) in [4.78, 5) is 24.1. The van der Waals surface area contributed by atoms with Crippen LogP contribution in [0.3, 0.4) is 0 Å². The predicted octanol–water partition coefficient (Wildman–Crippen LogP) is 2.86. The fraction of sp³-hybridized carbons (Fsp3) is 0.857. The summed E-state index contributed by atoms with van der Waals surface area (Å²) >= 11 is 0. The van der Waals surface area contributed by atoms with Crippen molar-refractivity contribution in [2.75, 3.05) is 13.2 Å². The topological polar surface area (TPSA) is 182 Å². The second-order valence-electron chi connectivity index (χ2n) is 10.9. The third kappa shape index (κ3) is 22.7. The molecule has 0 aromatic carbocycles. The van der Waals surface area contributed by atoms with E-state index in [0.717, 1.165) is 51.4 Å². The van der Waals surface area contributed by atoms with Crippen LogP contribution in [0.4, 0.5) is 0 Å². The van der Waals surface area contributed by atoms with Crippen LogP contribution >= 0.6 is 0 Å². The molecule has 0 aromatic rings. The van der Waals surface area contributed by atoms with Crippen LogP contribution in [0.25, 0.3) is 0 Å². The molecule has 0 radical (unpaired) electrons. The van der Waals surface area contributed by atoms with Crippen LogP contribution < -0.4 is 29.6 Å². The Morgan fingerprint density at radius 2 is 1.22 bits per heavy atom. The van der Waals surface area contributed by atoms with Gasteiger partial charge in [0, 0.05) is 0 Å². The van der Waals surface area contributed by atoms with E-state index in [0.29, 0.717) is 0 Å². The van der Waals surface area contributed by atoms with Crippen molar-refractivity contribution in [2.45, 2.75) is 130 Å². The second-order valence-corrected chi connectivity index (χ2v) is 12.4. The standard InChI is InChI=1S/C20H38O7S.C8H12N4.Na/c1-5-9-11-16(7-3)14-26-19(21)13-18(28(23,24)25)20(22)27-15-17(8-4)12-10-6-2;1-7(2,5-9)11-12-8(3,4)6-10;/h16-18H,5-15H2,1-4H3,(H,23,24,25);1-4H3;/q;;+1/p-1. The minimum absolute atomic E-state index is 0. The molecule has 0 aliphatic rings. The zero-order chi connectivity index (χ0) is 31.4. The van der Waals surface area contributed by atoms with Crippen LogP contribution in [0.1, 0.15) is 113 Å². The number of carbonyl (C=O) groups excluding carboxylic acids is 2. The molecule has 0 aromatic heterocycles. The number of carbonyl (C=O) groups is 2. The summed E-state index contributed by atoms with van der Waals surface area (Å²) in [7, 11) is -5.01. The van der Waals surface area contributed by atoms with E-state index in [4.69, 9.17) is 20.0 Å². The van der Waals surface area contributed by atoms with Crippen LogP contribution in [0.15, 0.2) is 10.2 Å². The molecule has 3 unspecified atom stereocenters. The quantitative estimate of drug-likeness (QED) is 0.0977. The summed E-state index contributed by atoms with van der Waals surface area (Å²) in [6.07, 6.45) is 6.58. The van der Waals surface area contributed by atoms with Gasteiger partial charge in [0.25, 0.3) is 0 Å². The summed E-state index contributed by atoms with van der Waals surface area (Å²) in [5.41, 5.74) is -1.68. The normalized spacial score (nSPS) is 13.8. The van der Waals surface area contributed by atoms with E-state index in [1.54, 1.807) is 27.7 Å². The molecule has 41 heavy (non-hydrogen) atoms. The Bertz CT molecular complexity index is 945. The molecule has 0 aliphatic carbocycles. The molecular formula is C28H49N4NaO7S. The van der Waals surface area contributed by atoms with Gasteiger partial charge in [0.05, 0.1) is 31.8 Å². The van der Waals surface area contributed by atoms with E-state index >= 15 is 0 Å². The minimum Gasteiger partial charge on any atom is -0.747 e. The first kappa shape index (κ1) is 43.9. The van der Waals surface area contributed by atoms with Crippen molar-refractivity contribution in [3.63, 3.8) is 0 Å². The Morgan fingerprint density at radius 1 is 0.829 bits per heavy atom. The summed E-state index contributed by atoms with van der Waals surface area (Å²) in [6.45, 7) is 14.8. The molecule has 0 heterocycles. The fourth-order valence-electron chi connectivity index (χ4n) is 3.11. The maximum atomic E-state index is 12.1. The maximum Gasteiger partial charge on any atom is 1.00 e. The van der Waals surface area contributed by atoms with Gasteiger partial charge in [0.2, 0.25) is 0 Å². The van der Waals surface area contributed by atoms with E-state index in [1.807, 2.05) is 26.0 Å². The van der Waals surface area contributed by atoms with Crippen LogP contribution in [-0.2, 0) is 29.2 Å². The van der Waals surface area contributed by atoms with Crippen molar-refractivity contribution in [3.05, 3.63) is 0 Å². The molecule has 13 heteroatoms. The first-order chi connectivity index (χ1) is 18.5. The van der Waals surface area contributed by atoms with Crippen molar-refractivity contribution in [1.29, 1.82) is 10.5 Å². The van der Waals surface area contributed by atoms with E-state index < -0.39 is 44.8 Å². The summed E-state index contributed by atoms with van der Waals surface area (Å²) in [5.74, 6) is -1.74. The number of esters is 2. The van der Waals surface area contributed by atoms with E-state index in [9.17, 15) is 22.6 Å². The van der Waals surface area contributed by atoms with Crippen LogP contribution in [0, 0.1) is 34.5 Å². The number of nitrogens with zero attached hydrogens (tertiary/aromatic N) is 4. The summed E-state index contributed by atoms with van der Waals surface area (Å²) in [6, 6.07) is 3.94. The molecule has 230 valence electrons. The molecule has 0 fully saturated rings. The van der Waals surface area contributed by atoms with Crippen molar-refractivity contribution >= 4 is 22.1 Å². The van der Waals surface area contributed by atoms with Gasteiger partial charge in [-0.15, -0.1) is 0 Å². The largest absolute Gasteiger partial charge is 1.00 e. The molecule has 0 saturated heterocycles. The third-order valence-corrected chi connectivity index (χ3v) is 7.14. The number of nitriles is 2. The first-order valence-corrected chi connectivity index (χ1v) is 15.5. The Balaban J connectivity index is -0.000000933.